The van der Waals surface area contributed by atoms with E-state index >= 15 is 0 Å². The molecule has 7 heteroatoms. The molecule has 2 aromatic heterocycles. The molecule has 0 saturated heterocycles. The molecule has 0 radical (unpaired) electrons. The van der Waals surface area contributed by atoms with Gasteiger partial charge in [-0.2, -0.15) is 0 Å². The second kappa shape index (κ2) is 6.47. The summed E-state index contributed by atoms with van der Waals surface area (Å²) in [7, 11) is 0. The molecule has 0 aliphatic heterocycles. The molecule has 0 atom stereocenters. The molecule has 2 heterocycles. The summed E-state index contributed by atoms with van der Waals surface area (Å²) in [5, 5.41) is 15.8. The van der Waals surface area contributed by atoms with Gasteiger partial charge < -0.3 is 10.4 Å². The van der Waals surface area contributed by atoms with E-state index in [2.05, 4.69) is 26.2 Å². The minimum Gasteiger partial charge on any atom is -0.478 e. The smallest absolute Gasteiger partial charge is 0.339 e. The lowest BCUT2D eigenvalue weighted by atomic mass is 10.0. The molecule has 116 valence electrons. The van der Waals surface area contributed by atoms with Crippen LogP contribution in [0.2, 0.25) is 0 Å². The molecule has 3 rings (SSSR count). The van der Waals surface area contributed by atoms with E-state index < -0.39 is 5.97 Å². The van der Waals surface area contributed by atoms with Crippen LogP contribution < -0.4 is 5.32 Å². The highest BCUT2D eigenvalue weighted by molar-refractivity contribution is 9.10. The Morgan fingerprint density at radius 3 is 2.91 bits per heavy atom. The number of carboxylic acids is 1. The maximum atomic E-state index is 12.3. The van der Waals surface area contributed by atoms with Crippen LogP contribution in [0.3, 0.4) is 0 Å². The minimum absolute atomic E-state index is 0.0745. The first-order valence-electron chi connectivity index (χ1n) is 6.68. The maximum Gasteiger partial charge on any atom is 0.339 e. The number of benzene rings is 1. The molecule has 0 aliphatic carbocycles. The molecule has 0 spiro atoms. The minimum atomic E-state index is -1.08. The van der Waals surface area contributed by atoms with Crippen molar-refractivity contribution in [3.63, 3.8) is 0 Å². The van der Waals surface area contributed by atoms with E-state index in [1.807, 2.05) is 24.3 Å². The second-order valence-corrected chi connectivity index (χ2v) is 6.57. The van der Waals surface area contributed by atoms with Crippen LogP contribution in [0.4, 0.5) is 5.00 Å². The summed E-state index contributed by atoms with van der Waals surface area (Å²) in [6.07, 6.45) is 3.59. The van der Waals surface area contributed by atoms with Crippen LogP contribution >= 0.6 is 27.3 Å². The highest BCUT2D eigenvalue weighted by atomic mass is 79.9. The van der Waals surface area contributed by atoms with Crippen molar-refractivity contribution in [1.29, 1.82) is 0 Å². The van der Waals surface area contributed by atoms with Gasteiger partial charge in [0.25, 0.3) is 0 Å². The van der Waals surface area contributed by atoms with Crippen LogP contribution in [-0.2, 0) is 11.2 Å². The van der Waals surface area contributed by atoms with E-state index in [1.165, 1.54) is 11.3 Å². The number of hydrogen-bond donors (Lipinski definition) is 2. The van der Waals surface area contributed by atoms with E-state index in [4.69, 9.17) is 0 Å². The molecule has 0 saturated carbocycles. The zero-order valence-electron chi connectivity index (χ0n) is 11.7. The van der Waals surface area contributed by atoms with E-state index in [9.17, 15) is 14.7 Å². The molecule has 3 aromatic rings. The number of nitrogens with one attached hydrogen (secondary N) is 1. The van der Waals surface area contributed by atoms with Gasteiger partial charge in [-0.3, -0.25) is 9.78 Å². The lowest BCUT2D eigenvalue weighted by molar-refractivity contribution is -0.115. The van der Waals surface area contributed by atoms with Gasteiger partial charge in [0.05, 0.1) is 6.42 Å². The van der Waals surface area contributed by atoms with Crippen molar-refractivity contribution in [3.8, 4) is 0 Å². The fourth-order valence-corrected chi connectivity index (χ4v) is 3.92. The fourth-order valence-electron chi connectivity index (χ4n) is 2.32. The Labute approximate surface area is 144 Å². The predicted octanol–water partition coefficient (Wildman–Crippen LogP) is 3.94. The zero-order chi connectivity index (χ0) is 16.4. The van der Waals surface area contributed by atoms with Crippen LogP contribution in [0, 0.1) is 0 Å². The summed E-state index contributed by atoms with van der Waals surface area (Å²) in [6, 6.07) is 7.55. The SMILES string of the molecule is O=C(Cc1cccc2cnccc12)Nc1scc(Br)c1C(=O)O. The van der Waals surface area contributed by atoms with Crippen molar-refractivity contribution < 1.29 is 14.7 Å². The van der Waals surface area contributed by atoms with Gasteiger partial charge in [0.15, 0.2) is 0 Å². The van der Waals surface area contributed by atoms with Crippen LogP contribution in [0.15, 0.2) is 46.5 Å². The monoisotopic (exact) mass is 390 g/mol. The van der Waals surface area contributed by atoms with Crippen LogP contribution in [0.5, 0.6) is 0 Å². The topological polar surface area (TPSA) is 79.3 Å². The predicted molar refractivity (Wildman–Crippen MR) is 93.1 cm³/mol. The first-order valence-corrected chi connectivity index (χ1v) is 8.35. The average molecular weight is 391 g/mol. The number of thiophene rings is 1. The quantitative estimate of drug-likeness (QED) is 0.706. The van der Waals surface area contributed by atoms with Gasteiger partial charge in [-0.1, -0.05) is 18.2 Å². The Morgan fingerprint density at radius 1 is 1.30 bits per heavy atom. The standard InChI is InChI=1S/C16H11BrN2O3S/c17-12-8-23-15(14(12)16(21)22)19-13(20)6-9-2-1-3-10-7-18-5-4-11(9)10/h1-5,7-8H,6H2,(H,19,20)(H,21,22). The Balaban J connectivity index is 1.84. The molecule has 5 nitrogen and oxygen atoms in total. The summed E-state index contributed by atoms with van der Waals surface area (Å²) < 4.78 is 0.460. The van der Waals surface area contributed by atoms with Gasteiger partial charge in [-0.05, 0) is 32.9 Å². The van der Waals surface area contributed by atoms with Crippen molar-refractivity contribution >= 4 is 54.9 Å². The molecule has 2 N–H and O–H groups in total. The van der Waals surface area contributed by atoms with Gasteiger partial charge in [-0.25, -0.2) is 4.79 Å². The van der Waals surface area contributed by atoms with Gasteiger partial charge in [0.2, 0.25) is 5.91 Å². The highest BCUT2D eigenvalue weighted by Gasteiger charge is 2.19. The average Bonchev–Trinajstić information content (AvgIpc) is 2.88. The number of halogens is 1. The third-order valence-corrected chi connectivity index (χ3v) is 5.16. The zero-order valence-corrected chi connectivity index (χ0v) is 14.1. The lowest BCUT2D eigenvalue weighted by Crippen LogP contribution is -2.15. The summed E-state index contributed by atoms with van der Waals surface area (Å²) in [5.74, 6) is -1.34. The Hall–Kier alpha value is -2.25. The summed E-state index contributed by atoms with van der Waals surface area (Å²) in [6.45, 7) is 0. The van der Waals surface area contributed by atoms with Gasteiger partial charge >= 0.3 is 5.97 Å². The normalized spacial score (nSPS) is 10.7. The molecular formula is C16H11BrN2O3S. The molecule has 0 unspecified atom stereocenters. The number of aromatic carboxylic acids is 1. The molecule has 0 aliphatic rings. The molecule has 23 heavy (non-hydrogen) atoms. The molecule has 0 bridgehead atoms. The van der Waals surface area contributed by atoms with E-state index in [0.717, 1.165) is 16.3 Å². The molecular weight excluding hydrogens is 380 g/mol. The number of nitrogens with zero attached hydrogens (tertiary/aromatic N) is 1. The third kappa shape index (κ3) is 3.25. The lowest BCUT2D eigenvalue weighted by Gasteiger charge is -2.07. The first kappa shape index (κ1) is 15.6. The molecule has 1 aromatic carbocycles. The summed E-state index contributed by atoms with van der Waals surface area (Å²) in [5.41, 5.74) is 0.945. The highest BCUT2D eigenvalue weighted by Crippen LogP contribution is 2.32. The number of carbonyl (C=O) groups excluding carboxylic acids is 1. The summed E-state index contributed by atoms with van der Waals surface area (Å²) in [4.78, 5) is 27.6. The Bertz CT molecular complexity index is 902. The molecule has 0 fully saturated rings. The van der Waals surface area contributed by atoms with Crippen LogP contribution in [-0.4, -0.2) is 22.0 Å². The third-order valence-electron chi connectivity index (χ3n) is 3.33. The van der Waals surface area contributed by atoms with Gasteiger partial charge in [0, 0.05) is 27.6 Å². The van der Waals surface area contributed by atoms with Crippen molar-refractivity contribution in [1.82, 2.24) is 4.98 Å². The number of hydrogen-bond acceptors (Lipinski definition) is 4. The van der Waals surface area contributed by atoms with E-state index in [0.29, 0.717) is 9.47 Å². The number of fused-ring (bicyclic) bond motifs is 1. The van der Waals surface area contributed by atoms with Crippen molar-refractivity contribution in [2.24, 2.45) is 0 Å². The second-order valence-electron chi connectivity index (χ2n) is 4.83. The summed E-state index contributed by atoms with van der Waals surface area (Å²) >= 11 is 4.36. The number of carboxylic acid groups (broad SMARTS) is 1. The Kier molecular flexibility index (Phi) is 4.40. The maximum absolute atomic E-state index is 12.3. The van der Waals surface area contributed by atoms with E-state index in [1.54, 1.807) is 17.8 Å². The van der Waals surface area contributed by atoms with Crippen molar-refractivity contribution in [3.05, 3.63) is 57.6 Å². The Morgan fingerprint density at radius 2 is 2.13 bits per heavy atom. The first-order chi connectivity index (χ1) is 11.1. The van der Waals surface area contributed by atoms with E-state index in [-0.39, 0.29) is 17.9 Å². The number of carbonyl (C=O) groups is 2. The van der Waals surface area contributed by atoms with Crippen molar-refractivity contribution in [2.75, 3.05) is 5.32 Å². The largest absolute Gasteiger partial charge is 0.478 e. The molecule has 1 amide bonds. The fraction of sp³-hybridized carbons (Fsp3) is 0.0625. The van der Waals surface area contributed by atoms with Crippen LogP contribution in [0.25, 0.3) is 10.8 Å². The van der Waals surface area contributed by atoms with Crippen LogP contribution in [0.1, 0.15) is 15.9 Å². The number of pyridine rings is 1. The number of anilines is 1. The number of aromatic nitrogens is 1. The number of rotatable bonds is 4. The van der Waals surface area contributed by atoms with Crippen molar-refractivity contribution in [2.45, 2.75) is 6.42 Å². The van der Waals surface area contributed by atoms with Gasteiger partial charge in [-0.15, -0.1) is 11.3 Å². The number of amides is 1. The van der Waals surface area contributed by atoms with Gasteiger partial charge in [0.1, 0.15) is 10.6 Å².